The molecule has 1 aromatic rings. The molecule has 1 saturated heterocycles. The Balaban J connectivity index is 1.44. The average molecular weight is 369 g/mol. The van der Waals surface area contributed by atoms with Gasteiger partial charge >= 0.3 is 0 Å². The van der Waals surface area contributed by atoms with Gasteiger partial charge < -0.3 is 5.32 Å². The van der Waals surface area contributed by atoms with Crippen molar-refractivity contribution in [2.45, 2.75) is 58.2 Å². The number of hydrogen-bond donors (Lipinski definition) is 1. The predicted molar refractivity (Wildman–Crippen MR) is 107 cm³/mol. The van der Waals surface area contributed by atoms with Crippen LogP contribution in [0.3, 0.4) is 0 Å². The third-order valence-electron chi connectivity index (χ3n) is 6.26. The molecule has 0 bridgehead atoms. The first-order chi connectivity index (χ1) is 13.1. The average Bonchev–Trinajstić information content (AvgIpc) is 2.70. The van der Waals surface area contributed by atoms with Crippen molar-refractivity contribution in [1.82, 2.24) is 15.1 Å². The lowest BCUT2D eigenvalue weighted by Crippen LogP contribution is -2.55. The number of nitriles is 1. The number of carbonyl (C=O) groups is 1. The molecule has 5 heteroatoms. The molecule has 1 heterocycles. The Morgan fingerprint density at radius 1 is 1.19 bits per heavy atom. The van der Waals surface area contributed by atoms with E-state index in [0.717, 1.165) is 39.1 Å². The summed E-state index contributed by atoms with van der Waals surface area (Å²) >= 11 is 0. The Bertz CT molecular complexity index is 658. The first-order valence-corrected chi connectivity index (χ1v) is 10.3. The number of benzene rings is 1. The summed E-state index contributed by atoms with van der Waals surface area (Å²) in [6.45, 7) is 8.99. The van der Waals surface area contributed by atoms with Gasteiger partial charge in [0, 0.05) is 38.8 Å². The largest absolute Gasteiger partial charge is 0.352 e. The maximum atomic E-state index is 12.7. The normalized spacial score (nSPS) is 25.5. The minimum absolute atomic E-state index is 0.0591. The molecule has 0 spiro atoms. The van der Waals surface area contributed by atoms with Crippen LogP contribution in [0.15, 0.2) is 24.3 Å². The van der Waals surface area contributed by atoms with Crippen LogP contribution >= 0.6 is 0 Å². The second-order valence-corrected chi connectivity index (χ2v) is 8.17. The van der Waals surface area contributed by atoms with E-state index in [9.17, 15) is 4.79 Å². The minimum atomic E-state index is -0.0591. The molecule has 1 N–H and O–H groups in total. The zero-order valence-electron chi connectivity index (χ0n) is 16.7. The predicted octanol–water partition coefficient (Wildman–Crippen LogP) is 2.76. The molecule has 0 unspecified atom stereocenters. The van der Waals surface area contributed by atoms with E-state index >= 15 is 0 Å². The van der Waals surface area contributed by atoms with E-state index in [4.69, 9.17) is 5.26 Å². The monoisotopic (exact) mass is 368 g/mol. The topological polar surface area (TPSA) is 59.4 Å². The Labute approximate surface area is 163 Å². The Kier molecular flexibility index (Phi) is 6.87. The first-order valence-electron chi connectivity index (χ1n) is 10.3. The van der Waals surface area contributed by atoms with E-state index in [1.54, 1.807) is 0 Å². The highest BCUT2D eigenvalue weighted by Crippen LogP contribution is 2.24. The molecule has 1 amide bonds. The minimum Gasteiger partial charge on any atom is -0.352 e. The zero-order valence-corrected chi connectivity index (χ0v) is 16.7. The van der Waals surface area contributed by atoms with Gasteiger partial charge in [-0.2, -0.15) is 5.26 Å². The molecule has 1 aliphatic carbocycles. The van der Waals surface area contributed by atoms with Gasteiger partial charge in [-0.25, -0.2) is 0 Å². The molecule has 0 aromatic heterocycles. The molecule has 5 nitrogen and oxygen atoms in total. The maximum Gasteiger partial charge on any atom is 0.237 e. The van der Waals surface area contributed by atoms with Gasteiger partial charge in [0.2, 0.25) is 5.91 Å². The van der Waals surface area contributed by atoms with Gasteiger partial charge in [0.05, 0.1) is 17.7 Å². The van der Waals surface area contributed by atoms with Crippen molar-refractivity contribution in [2.24, 2.45) is 5.92 Å². The third-order valence-corrected chi connectivity index (χ3v) is 6.26. The van der Waals surface area contributed by atoms with Crippen molar-refractivity contribution in [1.29, 1.82) is 5.26 Å². The molecule has 1 saturated carbocycles. The van der Waals surface area contributed by atoms with Gasteiger partial charge in [-0.1, -0.05) is 31.9 Å². The number of rotatable bonds is 5. The molecule has 146 valence electrons. The second kappa shape index (κ2) is 9.34. The summed E-state index contributed by atoms with van der Waals surface area (Å²) in [6, 6.07) is 10.3. The number of carbonyl (C=O) groups excluding carboxylic acids is 1. The number of piperazine rings is 1. The van der Waals surface area contributed by atoms with Gasteiger partial charge in [-0.15, -0.1) is 0 Å². The van der Waals surface area contributed by atoms with Crippen LogP contribution in [0.5, 0.6) is 0 Å². The standard InChI is InChI=1S/C22H32N4O/c1-17-5-3-4-6-21(17)24-22(27)18(2)26-13-11-25(12-14-26)16-20-9-7-19(15-23)8-10-20/h7-10,17-18,21H,3-6,11-14,16H2,1-2H3,(H,24,27)/t17-,18-,21-/m1/s1. The number of amides is 1. The van der Waals surface area contributed by atoms with Crippen LogP contribution in [0.25, 0.3) is 0 Å². The van der Waals surface area contributed by atoms with Crippen LogP contribution in [0.4, 0.5) is 0 Å². The van der Waals surface area contributed by atoms with Crippen molar-refractivity contribution >= 4 is 5.91 Å². The van der Waals surface area contributed by atoms with Crippen molar-refractivity contribution in [3.05, 3.63) is 35.4 Å². The van der Waals surface area contributed by atoms with Crippen molar-refractivity contribution < 1.29 is 4.79 Å². The van der Waals surface area contributed by atoms with Crippen molar-refractivity contribution in [3.63, 3.8) is 0 Å². The molecule has 2 aliphatic rings. The highest BCUT2D eigenvalue weighted by atomic mass is 16.2. The smallest absolute Gasteiger partial charge is 0.237 e. The van der Waals surface area contributed by atoms with Crippen molar-refractivity contribution in [3.8, 4) is 6.07 Å². The molecule has 2 fully saturated rings. The van der Waals surface area contributed by atoms with E-state index in [2.05, 4.69) is 28.1 Å². The first kappa shape index (κ1) is 19.9. The van der Waals surface area contributed by atoms with Crippen LogP contribution < -0.4 is 5.32 Å². The summed E-state index contributed by atoms with van der Waals surface area (Å²) in [5, 5.41) is 12.2. The summed E-state index contributed by atoms with van der Waals surface area (Å²) in [7, 11) is 0. The fourth-order valence-electron chi connectivity index (χ4n) is 4.25. The summed E-state index contributed by atoms with van der Waals surface area (Å²) in [5.41, 5.74) is 1.94. The Morgan fingerprint density at radius 2 is 1.85 bits per heavy atom. The highest BCUT2D eigenvalue weighted by molar-refractivity contribution is 5.81. The number of nitrogens with one attached hydrogen (secondary N) is 1. The maximum absolute atomic E-state index is 12.7. The van der Waals surface area contributed by atoms with Gasteiger partial charge in [-0.05, 0) is 43.4 Å². The fraction of sp³-hybridized carbons (Fsp3) is 0.636. The lowest BCUT2D eigenvalue weighted by molar-refractivity contribution is -0.127. The highest BCUT2D eigenvalue weighted by Gasteiger charge is 2.29. The molecular weight excluding hydrogens is 336 g/mol. The number of nitrogens with zero attached hydrogens (tertiary/aromatic N) is 3. The Hall–Kier alpha value is -1.90. The molecule has 1 aliphatic heterocycles. The third kappa shape index (κ3) is 5.31. The molecule has 3 rings (SSSR count). The van der Waals surface area contributed by atoms with Crippen LogP contribution in [0, 0.1) is 17.2 Å². The molecule has 3 atom stereocenters. The van der Waals surface area contributed by atoms with Crippen LogP contribution in [-0.2, 0) is 11.3 Å². The van der Waals surface area contributed by atoms with Gasteiger partial charge in [-0.3, -0.25) is 14.6 Å². The van der Waals surface area contributed by atoms with Gasteiger partial charge in [0.1, 0.15) is 0 Å². The molecular formula is C22H32N4O. The summed E-state index contributed by atoms with van der Waals surface area (Å²) in [4.78, 5) is 17.4. The van der Waals surface area contributed by atoms with Gasteiger partial charge in [0.25, 0.3) is 0 Å². The van der Waals surface area contributed by atoms with Crippen LogP contribution in [0.1, 0.15) is 50.7 Å². The summed E-state index contributed by atoms with van der Waals surface area (Å²) in [6.07, 6.45) is 4.88. The SMILES string of the molecule is C[C@@H]1CCCC[C@H]1NC(=O)[C@@H](C)N1CCN(Cc2ccc(C#N)cc2)CC1. The lowest BCUT2D eigenvalue weighted by atomic mass is 9.86. The Morgan fingerprint density at radius 3 is 2.48 bits per heavy atom. The number of hydrogen-bond acceptors (Lipinski definition) is 4. The van der Waals surface area contributed by atoms with E-state index < -0.39 is 0 Å². The lowest BCUT2D eigenvalue weighted by Gasteiger charge is -2.38. The summed E-state index contributed by atoms with van der Waals surface area (Å²) < 4.78 is 0. The van der Waals surface area contributed by atoms with E-state index in [1.165, 1.54) is 24.8 Å². The van der Waals surface area contributed by atoms with Gasteiger partial charge in [0.15, 0.2) is 0 Å². The quantitative estimate of drug-likeness (QED) is 0.868. The van der Waals surface area contributed by atoms with E-state index in [0.29, 0.717) is 17.5 Å². The molecule has 27 heavy (non-hydrogen) atoms. The van der Waals surface area contributed by atoms with E-state index in [1.807, 2.05) is 31.2 Å². The van der Waals surface area contributed by atoms with Crippen LogP contribution in [-0.4, -0.2) is 54.0 Å². The fourth-order valence-corrected chi connectivity index (χ4v) is 4.25. The molecule has 0 radical (unpaired) electrons. The molecule has 1 aromatic carbocycles. The van der Waals surface area contributed by atoms with E-state index in [-0.39, 0.29) is 11.9 Å². The van der Waals surface area contributed by atoms with Crippen molar-refractivity contribution in [2.75, 3.05) is 26.2 Å². The summed E-state index contributed by atoms with van der Waals surface area (Å²) in [5.74, 6) is 0.786. The van der Waals surface area contributed by atoms with Crippen LogP contribution in [0.2, 0.25) is 0 Å². The second-order valence-electron chi connectivity index (χ2n) is 8.17. The zero-order chi connectivity index (χ0) is 19.2.